The standard InChI is InChI=1S/C18H18BrNO/c1-4-18(2,3)14-5-8-16(9-6-14)21-17-10-7-15(19)11-13(17)12-20/h5-11H,4H2,1-3H3. The van der Waals surface area contributed by atoms with Crippen molar-refractivity contribution in [3.05, 3.63) is 58.1 Å². The summed E-state index contributed by atoms with van der Waals surface area (Å²) < 4.78 is 6.68. The zero-order valence-corrected chi connectivity index (χ0v) is 14.1. The predicted octanol–water partition coefficient (Wildman–Crippen LogP) is 5.80. The van der Waals surface area contributed by atoms with Gasteiger partial charge in [0.15, 0.2) is 0 Å². The van der Waals surface area contributed by atoms with Crippen LogP contribution in [0.5, 0.6) is 11.5 Å². The van der Waals surface area contributed by atoms with Crippen LogP contribution >= 0.6 is 15.9 Å². The lowest BCUT2D eigenvalue weighted by molar-refractivity contribution is 0.476. The maximum Gasteiger partial charge on any atom is 0.145 e. The molecule has 2 rings (SSSR count). The predicted molar refractivity (Wildman–Crippen MR) is 88.7 cm³/mol. The Morgan fingerprint density at radius 3 is 2.38 bits per heavy atom. The largest absolute Gasteiger partial charge is 0.456 e. The van der Waals surface area contributed by atoms with Crippen LogP contribution < -0.4 is 4.74 Å². The highest BCUT2D eigenvalue weighted by atomic mass is 79.9. The van der Waals surface area contributed by atoms with Crippen LogP contribution in [0.25, 0.3) is 0 Å². The van der Waals surface area contributed by atoms with Gasteiger partial charge in [0.05, 0.1) is 5.56 Å². The van der Waals surface area contributed by atoms with Crippen molar-refractivity contribution >= 4 is 15.9 Å². The molecule has 0 aliphatic heterocycles. The lowest BCUT2D eigenvalue weighted by Gasteiger charge is -2.23. The number of benzene rings is 2. The van der Waals surface area contributed by atoms with Gasteiger partial charge in [-0.05, 0) is 47.7 Å². The minimum Gasteiger partial charge on any atom is -0.456 e. The second-order valence-electron chi connectivity index (χ2n) is 5.62. The number of rotatable bonds is 4. The Hall–Kier alpha value is -1.79. The summed E-state index contributed by atoms with van der Waals surface area (Å²) in [7, 11) is 0. The molecule has 0 unspecified atom stereocenters. The van der Waals surface area contributed by atoms with Gasteiger partial charge >= 0.3 is 0 Å². The van der Waals surface area contributed by atoms with E-state index in [9.17, 15) is 0 Å². The molecule has 0 saturated carbocycles. The lowest BCUT2D eigenvalue weighted by atomic mass is 9.82. The van der Waals surface area contributed by atoms with Crippen LogP contribution in [0.1, 0.15) is 38.3 Å². The molecule has 0 saturated heterocycles. The third kappa shape index (κ3) is 3.65. The summed E-state index contributed by atoms with van der Waals surface area (Å²) in [5.74, 6) is 1.31. The topological polar surface area (TPSA) is 33.0 Å². The van der Waals surface area contributed by atoms with E-state index in [-0.39, 0.29) is 5.41 Å². The Kier molecular flexibility index (Phi) is 4.69. The van der Waals surface area contributed by atoms with E-state index in [4.69, 9.17) is 10.00 Å². The van der Waals surface area contributed by atoms with Gasteiger partial charge < -0.3 is 4.74 Å². The van der Waals surface area contributed by atoms with E-state index in [1.165, 1.54) is 5.56 Å². The molecule has 2 nitrogen and oxygen atoms in total. The molecule has 0 aliphatic rings. The van der Waals surface area contributed by atoms with Gasteiger partial charge in [-0.15, -0.1) is 0 Å². The molecule has 0 aliphatic carbocycles. The average molecular weight is 344 g/mol. The van der Waals surface area contributed by atoms with Gasteiger partial charge in [0, 0.05) is 4.47 Å². The number of halogens is 1. The van der Waals surface area contributed by atoms with Gasteiger partial charge in [0.25, 0.3) is 0 Å². The van der Waals surface area contributed by atoms with Crippen molar-refractivity contribution in [3.8, 4) is 17.6 Å². The molecule has 2 aromatic carbocycles. The van der Waals surface area contributed by atoms with E-state index < -0.39 is 0 Å². The van der Waals surface area contributed by atoms with Crippen LogP contribution in [0, 0.1) is 11.3 Å². The van der Waals surface area contributed by atoms with Gasteiger partial charge in [0.2, 0.25) is 0 Å². The molecule has 0 fully saturated rings. The summed E-state index contributed by atoms with van der Waals surface area (Å²) in [5.41, 5.74) is 1.96. The van der Waals surface area contributed by atoms with E-state index in [0.29, 0.717) is 11.3 Å². The number of hydrogen-bond donors (Lipinski definition) is 0. The molecule has 21 heavy (non-hydrogen) atoms. The Labute approximate surface area is 134 Å². The molecular formula is C18H18BrNO. The monoisotopic (exact) mass is 343 g/mol. The van der Waals surface area contributed by atoms with Crippen molar-refractivity contribution in [2.75, 3.05) is 0 Å². The van der Waals surface area contributed by atoms with Crippen molar-refractivity contribution < 1.29 is 4.74 Å². The highest BCUT2D eigenvalue weighted by Gasteiger charge is 2.17. The average Bonchev–Trinajstić information content (AvgIpc) is 2.49. The number of nitrogens with zero attached hydrogens (tertiary/aromatic N) is 1. The van der Waals surface area contributed by atoms with Crippen molar-refractivity contribution in [1.82, 2.24) is 0 Å². The molecule has 2 aromatic rings. The number of ether oxygens (including phenoxy) is 1. The molecule has 0 heterocycles. The molecule has 0 spiro atoms. The molecule has 0 amide bonds. The zero-order valence-electron chi connectivity index (χ0n) is 12.5. The molecule has 0 atom stereocenters. The smallest absolute Gasteiger partial charge is 0.145 e. The van der Waals surface area contributed by atoms with Crippen LogP contribution in [0.2, 0.25) is 0 Å². The van der Waals surface area contributed by atoms with Crippen LogP contribution in [0.4, 0.5) is 0 Å². The van der Waals surface area contributed by atoms with E-state index >= 15 is 0 Å². The van der Waals surface area contributed by atoms with E-state index in [0.717, 1.165) is 16.6 Å². The first kappa shape index (κ1) is 15.6. The summed E-state index contributed by atoms with van der Waals surface area (Å²) in [6.07, 6.45) is 1.08. The van der Waals surface area contributed by atoms with Crippen LogP contribution in [-0.4, -0.2) is 0 Å². The number of hydrogen-bond acceptors (Lipinski definition) is 2. The molecule has 0 N–H and O–H groups in total. The van der Waals surface area contributed by atoms with Crippen molar-refractivity contribution in [1.29, 1.82) is 5.26 Å². The normalized spacial score (nSPS) is 11.0. The summed E-state index contributed by atoms with van der Waals surface area (Å²) in [6, 6.07) is 15.6. The van der Waals surface area contributed by atoms with Gasteiger partial charge in [-0.25, -0.2) is 0 Å². The lowest BCUT2D eigenvalue weighted by Crippen LogP contribution is -2.14. The Morgan fingerprint density at radius 1 is 1.14 bits per heavy atom. The quantitative estimate of drug-likeness (QED) is 0.702. The second-order valence-corrected chi connectivity index (χ2v) is 6.53. The van der Waals surface area contributed by atoms with Crippen molar-refractivity contribution in [2.24, 2.45) is 0 Å². The fraction of sp³-hybridized carbons (Fsp3) is 0.278. The van der Waals surface area contributed by atoms with Gasteiger partial charge in [-0.3, -0.25) is 0 Å². The van der Waals surface area contributed by atoms with Crippen LogP contribution in [0.3, 0.4) is 0 Å². The first-order valence-electron chi connectivity index (χ1n) is 6.94. The number of nitriles is 1. The molecular weight excluding hydrogens is 326 g/mol. The zero-order chi connectivity index (χ0) is 15.5. The third-order valence-electron chi connectivity index (χ3n) is 3.81. The molecule has 0 aromatic heterocycles. The maximum absolute atomic E-state index is 9.15. The van der Waals surface area contributed by atoms with Gasteiger partial charge in [0.1, 0.15) is 17.6 Å². The van der Waals surface area contributed by atoms with Gasteiger partial charge in [-0.2, -0.15) is 5.26 Å². The Balaban J connectivity index is 2.24. The molecule has 0 radical (unpaired) electrons. The van der Waals surface area contributed by atoms with Gasteiger partial charge in [-0.1, -0.05) is 48.8 Å². The molecule has 3 heteroatoms. The maximum atomic E-state index is 9.15. The van der Waals surface area contributed by atoms with Crippen molar-refractivity contribution in [2.45, 2.75) is 32.6 Å². The molecule has 0 bridgehead atoms. The highest BCUT2D eigenvalue weighted by Crippen LogP contribution is 2.31. The summed E-state index contributed by atoms with van der Waals surface area (Å²) >= 11 is 3.36. The summed E-state index contributed by atoms with van der Waals surface area (Å²) in [6.45, 7) is 6.64. The minimum atomic E-state index is 0.161. The molecule has 108 valence electrons. The Morgan fingerprint density at radius 2 is 1.81 bits per heavy atom. The fourth-order valence-corrected chi connectivity index (χ4v) is 2.34. The summed E-state index contributed by atoms with van der Waals surface area (Å²) in [5, 5.41) is 9.15. The fourth-order valence-electron chi connectivity index (χ4n) is 1.98. The highest BCUT2D eigenvalue weighted by molar-refractivity contribution is 9.10. The minimum absolute atomic E-state index is 0.161. The second kappa shape index (κ2) is 6.32. The summed E-state index contributed by atoms with van der Waals surface area (Å²) in [4.78, 5) is 0. The SMILES string of the molecule is CCC(C)(C)c1ccc(Oc2ccc(Br)cc2C#N)cc1. The van der Waals surface area contributed by atoms with E-state index in [1.54, 1.807) is 12.1 Å². The first-order valence-corrected chi connectivity index (χ1v) is 7.73. The van der Waals surface area contributed by atoms with E-state index in [1.807, 2.05) is 18.2 Å². The van der Waals surface area contributed by atoms with Crippen LogP contribution in [-0.2, 0) is 5.41 Å². The van der Waals surface area contributed by atoms with Crippen molar-refractivity contribution in [3.63, 3.8) is 0 Å². The first-order chi connectivity index (χ1) is 9.96. The third-order valence-corrected chi connectivity index (χ3v) is 4.30. The van der Waals surface area contributed by atoms with Crippen LogP contribution in [0.15, 0.2) is 46.9 Å². The Bertz CT molecular complexity index is 669. The van der Waals surface area contributed by atoms with E-state index in [2.05, 4.69) is 54.9 Å².